The maximum absolute atomic E-state index is 12.7. The number of carboxylic acid groups (broad SMARTS) is 1. The van der Waals surface area contributed by atoms with Gasteiger partial charge in [0.25, 0.3) is 0 Å². The molecular formula is C15H21NO4S. The summed E-state index contributed by atoms with van der Waals surface area (Å²) in [6.45, 7) is 3.94. The van der Waals surface area contributed by atoms with Crippen molar-refractivity contribution in [2.75, 3.05) is 13.6 Å². The second kappa shape index (κ2) is 5.77. The van der Waals surface area contributed by atoms with Crippen LogP contribution in [0, 0.1) is 19.8 Å². The van der Waals surface area contributed by atoms with Crippen molar-refractivity contribution in [3.63, 3.8) is 0 Å². The van der Waals surface area contributed by atoms with Crippen LogP contribution in [-0.2, 0) is 10.0 Å². The van der Waals surface area contributed by atoms with Gasteiger partial charge in [0.15, 0.2) is 0 Å². The average Bonchev–Trinajstić information content (AvgIpc) is 2.35. The summed E-state index contributed by atoms with van der Waals surface area (Å²) in [6.07, 6.45) is 3.28. The fraction of sp³-hybridized carbons (Fsp3) is 0.533. The number of hydrogen-bond donors (Lipinski definition) is 1. The fourth-order valence-corrected chi connectivity index (χ4v) is 4.09. The van der Waals surface area contributed by atoms with Crippen LogP contribution < -0.4 is 0 Å². The van der Waals surface area contributed by atoms with Crippen molar-refractivity contribution in [1.82, 2.24) is 4.31 Å². The Kier molecular flexibility index (Phi) is 4.39. The van der Waals surface area contributed by atoms with Crippen molar-refractivity contribution >= 4 is 16.0 Å². The van der Waals surface area contributed by atoms with Crippen molar-refractivity contribution < 1.29 is 18.3 Å². The Labute approximate surface area is 125 Å². The van der Waals surface area contributed by atoms with E-state index in [0.29, 0.717) is 23.6 Å². The van der Waals surface area contributed by atoms with Gasteiger partial charge in [-0.25, -0.2) is 17.5 Å². The molecule has 1 aromatic carbocycles. The van der Waals surface area contributed by atoms with Gasteiger partial charge in [-0.2, -0.15) is 0 Å². The average molecular weight is 311 g/mol. The molecule has 116 valence electrons. The molecule has 0 radical (unpaired) electrons. The lowest BCUT2D eigenvalue weighted by molar-refractivity contribution is 0.0696. The van der Waals surface area contributed by atoms with E-state index in [9.17, 15) is 13.2 Å². The van der Waals surface area contributed by atoms with Crippen LogP contribution in [0.4, 0.5) is 0 Å². The number of benzene rings is 1. The summed E-state index contributed by atoms with van der Waals surface area (Å²) in [7, 11) is -2.08. The van der Waals surface area contributed by atoms with Gasteiger partial charge >= 0.3 is 5.97 Å². The maximum Gasteiger partial charge on any atom is 0.335 e. The quantitative estimate of drug-likeness (QED) is 0.906. The molecule has 1 saturated carbocycles. The molecule has 0 heterocycles. The summed E-state index contributed by atoms with van der Waals surface area (Å²) in [6, 6.07) is 2.76. The molecule has 1 aromatic rings. The van der Waals surface area contributed by atoms with E-state index in [-0.39, 0.29) is 10.5 Å². The number of aromatic carboxylic acids is 1. The van der Waals surface area contributed by atoms with Crippen LogP contribution >= 0.6 is 0 Å². The third-order valence-corrected chi connectivity index (χ3v) is 6.24. The fourth-order valence-electron chi connectivity index (χ4n) is 2.52. The van der Waals surface area contributed by atoms with E-state index in [4.69, 9.17) is 5.11 Å². The second-order valence-corrected chi connectivity index (χ2v) is 7.82. The van der Waals surface area contributed by atoms with Gasteiger partial charge in [-0.05, 0) is 55.9 Å². The van der Waals surface area contributed by atoms with Gasteiger partial charge in [-0.3, -0.25) is 0 Å². The summed E-state index contributed by atoms with van der Waals surface area (Å²) >= 11 is 0. The number of rotatable bonds is 5. The first-order valence-electron chi connectivity index (χ1n) is 7.04. The number of aryl methyl sites for hydroxylation is 1. The summed E-state index contributed by atoms with van der Waals surface area (Å²) in [5, 5.41) is 9.11. The predicted molar refractivity (Wildman–Crippen MR) is 80.0 cm³/mol. The number of sulfonamides is 1. The first kappa shape index (κ1) is 16.0. The number of nitrogens with zero attached hydrogens (tertiary/aromatic N) is 1. The number of hydrogen-bond acceptors (Lipinski definition) is 3. The van der Waals surface area contributed by atoms with Crippen molar-refractivity contribution in [2.24, 2.45) is 5.92 Å². The molecule has 0 amide bonds. The third kappa shape index (κ3) is 3.11. The summed E-state index contributed by atoms with van der Waals surface area (Å²) in [5.41, 5.74) is 1.29. The molecule has 0 atom stereocenters. The number of carbonyl (C=O) groups is 1. The van der Waals surface area contributed by atoms with Gasteiger partial charge in [-0.15, -0.1) is 0 Å². The zero-order chi connectivity index (χ0) is 15.8. The molecule has 6 heteroatoms. The summed E-state index contributed by atoms with van der Waals surface area (Å²) in [4.78, 5) is 11.2. The Balaban J connectivity index is 2.40. The van der Waals surface area contributed by atoms with Gasteiger partial charge in [-0.1, -0.05) is 6.42 Å². The minimum Gasteiger partial charge on any atom is -0.478 e. The molecule has 5 nitrogen and oxygen atoms in total. The largest absolute Gasteiger partial charge is 0.478 e. The van der Waals surface area contributed by atoms with Crippen molar-refractivity contribution in [3.8, 4) is 0 Å². The topological polar surface area (TPSA) is 74.7 Å². The van der Waals surface area contributed by atoms with E-state index < -0.39 is 16.0 Å². The minimum absolute atomic E-state index is 0.00807. The Morgan fingerprint density at radius 2 is 1.95 bits per heavy atom. The van der Waals surface area contributed by atoms with Gasteiger partial charge in [0.2, 0.25) is 10.0 Å². The summed E-state index contributed by atoms with van der Waals surface area (Å²) in [5.74, 6) is -0.690. The molecule has 0 bridgehead atoms. The molecule has 2 rings (SSSR count). The van der Waals surface area contributed by atoms with E-state index in [0.717, 1.165) is 19.3 Å². The van der Waals surface area contributed by atoms with Crippen molar-refractivity contribution in [2.45, 2.75) is 38.0 Å². The van der Waals surface area contributed by atoms with E-state index in [1.54, 1.807) is 20.9 Å². The Hall–Kier alpha value is -1.40. The molecule has 0 spiro atoms. The third-order valence-electron chi connectivity index (χ3n) is 4.29. The van der Waals surface area contributed by atoms with Gasteiger partial charge in [0.05, 0.1) is 10.5 Å². The maximum atomic E-state index is 12.7. The predicted octanol–water partition coefficient (Wildman–Crippen LogP) is 2.42. The molecule has 0 saturated heterocycles. The van der Waals surface area contributed by atoms with Crippen LogP contribution in [0.2, 0.25) is 0 Å². The van der Waals surface area contributed by atoms with E-state index in [2.05, 4.69) is 0 Å². The van der Waals surface area contributed by atoms with Crippen LogP contribution in [0.5, 0.6) is 0 Å². The Morgan fingerprint density at radius 1 is 1.33 bits per heavy atom. The molecule has 21 heavy (non-hydrogen) atoms. The normalized spacial score (nSPS) is 16.0. The van der Waals surface area contributed by atoms with Crippen LogP contribution in [0.3, 0.4) is 0 Å². The molecule has 1 aliphatic rings. The lowest BCUT2D eigenvalue weighted by atomic mass is 9.86. The van der Waals surface area contributed by atoms with E-state index >= 15 is 0 Å². The van der Waals surface area contributed by atoms with Crippen LogP contribution in [-0.4, -0.2) is 37.4 Å². The van der Waals surface area contributed by atoms with E-state index in [1.807, 2.05) is 0 Å². The lowest BCUT2D eigenvalue weighted by Crippen LogP contribution is -2.34. The molecule has 1 fully saturated rings. The van der Waals surface area contributed by atoms with Crippen LogP contribution in [0.15, 0.2) is 17.0 Å². The smallest absolute Gasteiger partial charge is 0.335 e. The van der Waals surface area contributed by atoms with Crippen molar-refractivity contribution in [1.29, 1.82) is 0 Å². The zero-order valence-corrected chi connectivity index (χ0v) is 13.4. The van der Waals surface area contributed by atoms with Gasteiger partial charge < -0.3 is 5.11 Å². The standard InChI is InChI=1S/C15H21NO4S/c1-10-7-13(15(17)18)8-14(11(10)2)21(19,20)16(3)9-12-5-4-6-12/h7-8,12H,4-6,9H2,1-3H3,(H,17,18). The monoisotopic (exact) mass is 311 g/mol. The SMILES string of the molecule is Cc1cc(C(=O)O)cc(S(=O)(=O)N(C)CC2CCC2)c1C. The molecule has 0 aromatic heterocycles. The van der Waals surface area contributed by atoms with Crippen molar-refractivity contribution in [3.05, 3.63) is 28.8 Å². The second-order valence-electron chi connectivity index (χ2n) is 5.80. The highest BCUT2D eigenvalue weighted by Gasteiger charge is 2.29. The Bertz CT molecular complexity index is 662. The molecule has 0 aliphatic heterocycles. The van der Waals surface area contributed by atoms with Gasteiger partial charge in [0, 0.05) is 13.6 Å². The van der Waals surface area contributed by atoms with Crippen LogP contribution in [0.25, 0.3) is 0 Å². The number of carboxylic acids is 1. The molecule has 1 aliphatic carbocycles. The highest BCUT2D eigenvalue weighted by Crippen LogP contribution is 2.30. The first-order chi connectivity index (χ1) is 9.73. The molecular weight excluding hydrogens is 290 g/mol. The Morgan fingerprint density at radius 3 is 2.43 bits per heavy atom. The van der Waals surface area contributed by atoms with E-state index in [1.165, 1.54) is 16.4 Å². The highest BCUT2D eigenvalue weighted by molar-refractivity contribution is 7.89. The first-order valence-corrected chi connectivity index (χ1v) is 8.48. The summed E-state index contributed by atoms with van der Waals surface area (Å²) < 4.78 is 26.7. The minimum atomic E-state index is -3.65. The molecule has 1 N–H and O–H groups in total. The van der Waals surface area contributed by atoms with Gasteiger partial charge in [0.1, 0.15) is 0 Å². The molecule has 0 unspecified atom stereocenters. The highest BCUT2D eigenvalue weighted by atomic mass is 32.2. The lowest BCUT2D eigenvalue weighted by Gasteiger charge is -2.30. The zero-order valence-electron chi connectivity index (χ0n) is 12.6. The van der Waals surface area contributed by atoms with Crippen LogP contribution in [0.1, 0.15) is 40.7 Å².